The summed E-state index contributed by atoms with van der Waals surface area (Å²) in [7, 11) is 0. The number of aromatic nitrogens is 1. The van der Waals surface area contributed by atoms with Gasteiger partial charge in [0.2, 0.25) is 0 Å². The molecule has 2 heterocycles. The minimum Gasteiger partial charge on any atom is -0.354 e. The zero-order valence-electron chi connectivity index (χ0n) is 22.0. The number of piperazine rings is 1. The molecule has 0 bridgehead atoms. The number of anilines is 1. The molecule has 1 aliphatic rings. The summed E-state index contributed by atoms with van der Waals surface area (Å²) >= 11 is 0. The van der Waals surface area contributed by atoms with E-state index in [1.807, 2.05) is 6.07 Å². The summed E-state index contributed by atoms with van der Waals surface area (Å²) in [6.45, 7) is 7.71. The normalized spacial score (nSPS) is 14.1. The lowest BCUT2D eigenvalue weighted by Gasteiger charge is -2.34. The van der Waals surface area contributed by atoms with Gasteiger partial charge in [-0.1, -0.05) is 71.1 Å². The standard InChI is InChI=1S/C26H45N5O5/c1-2-28-18-20-29(21-19-28)25-16-15-24(23-27-25)26(32)30(33)17-13-11-9-7-5-3-4-6-8-10-12-14-22-36-31(34)35/h15-16,23,33H,2-14,17-22H2,1H3. The molecule has 1 amide bonds. The van der Waals surface area contributed by atoms with Crippen LogP contribution in [-0.2, 0) is 4.84 Å². The fourth-order valence-corrected chi connectivity index (χ4v) is 4.51. The van der Waals surface area contributed by atoms with E-state index in [2.05, 4.69) is 26.5 Å². The van der Waals surface area contributed by atoms with E-state index in [0.717, 1.165) is 82.1 Å². The first-order valence-electron chi connectivity index (χ1n) is 13.7. The maximum absolute atomic E-state index is 12.5. The molecule has 36 heavy (non-hydrogen) atoms. The average molecular weight is 508 g/mol. The van der Waals surface area contributed by atoms with Gasteiger partial charge in [0.25, 0.3) is 11.0 Å². The lowest BCUT2D eigenvalue weighted by Crippen LogP contribution is -2.46. The van der Waals surface area contributed by atoms with Crippen LogP contribution in [-0.4, -0.2) is 77.0 Å². The van der Waals surface area contributed by atoms with Crippen molar-refractivity contribution in [3.8, 4) is 0 Å². The third-order valence-corrected chi connectivity index (χ3v) is 6.83. The summed E-state index contributed by atoms with van der Waals surface area (Å²) < 4.78 is 0. The Hall–Kier alpha value is -2.46. The van der Waals surface area contributed by atoms with E-state index in [9.17, 15) is 20.1 Å². The Morgan fingerprint density at radius 2 is 1.53 bits per heavy atom. The number of amides is 1. The van der Waals surface area contributed by atoms with Crippen LogP contribution in [0.25, 0.3) is 0 Å². The van der Waals surface area contributed by atoms with Crippen LogP contribution >= 0.6 is 0 Å². The summed E-state index contributed by atoms with van der Waals surface area (Å²) in [6.07, 6.45) is 14.5. The van der Waals surface area contributed by atoms with Gasteiger partial charge in [0.1, 0.15) is 5.82 Å². The third-order valence-electron chi connectivity index (χ3n) is 6.83. The molecule has 1 aromatic heterocycles. The van der Waals surface area contributed by atoms with Crippen molar-refractivity contribution in [3.05, 3.63) is 34.0 Å². The van der Waals surface area contributed by atoms with Crippen LogP contribution in [0.4, 0.5) is 5.82 Å². The third kappa shape index (κ3) is 12.0. The predicted octanol–water partition coefficient (Wildman–Crippen LogP) is 4.94. The number of rotatable bonds is 19. The van der Waals surface area contributed by atoms with Gasteiger partial charge in [-0.2, -0.15) is 0 Å². The van der Waals surface area contributed by atoms with Crippen LogP contribution in [0.3, 0.4) is 0 Å². The first-order valence-corrected chi connectivity index (χ1v) is 13.7. The van der Waals surface area contributed by atoms with Crippen molar-refractivity contribution in [3.63, 3.8) is 0 Å². The molecule has 1 N–H and O–H groups in total. The number of hydrogen-bond acceptors (Lipinski definition) is 8. The molecule has 0 radical (unpaired) electrons. The predicted molar refractivity (Wildman–Crippen MR) is 140 cm³/mol. The van der Waals surface area contributed by atoms with Crippen molar-refractivity contribution in [2.75, 3.05) is 50.8 Å². The van der Waals surface area contributed by atoms with Crippen LogP contribution in [0.2, 0.25) is 0 Å². The average Bonchev–Trinajstić information content (AvgIpc) is 2.90. The highest BCUT2D eigenvalue weighted by atomic mass is 16.9. The summed E-state index contributed by atoms with van der Waals surface area (Å²) in [5.41, 5.74) is 0.415. The van der Waals surface area contributed by atoms with Crippen molar-refractivity contribution in [1.29, 1.82) is 0 Å². The first kappa shape index (κ1) is 29.8. The molecule has 1 aromatic rings. The number of carbonyl (C=O) groups is 1. The molecule has 1 saturated heterocycles. The molecule has 2 rings (SSSR count). The summed E-state index contributed by atoms with van der Waals surface area (Å²) in [5.74, 6) is 0.488. The van der Waals surface area contributed by atoms with Crippen molar-refractivity contribution < 1.29 is 19.9 Å². The first-order chi connectivity index (χ1) is 17.5. The van der Waals surface area contributed by atoms with E-state index in [1.165, 1.54) is 38.5 Å². The van der Waals surface area contributed by atoms with E-state index >= 15 is 0 Å². The summed E-state index contributed by atoms with van der Waals surface area (Å²) in [4.78, 5) is 35.9. The molecule has 0 saturated carbocycles. The number of likely N-dealkylation sites (N-methyl/N-ethyl adjacent to an activating group) is 1. The van der Waals surface area contributed by atoms with E-state index < -0.39 is 11.0 Å². The second-order valence-electron chi connectivity index (χ2n) is 9.55. The van der Waals surface area contributed by atoms with Gasteiger partial charge < -0.3 is 14.6 Å². The minimum atomic E-state index is -0.730. The summed E-state index contributed by atoms with van der Waals surface area (Å²) in [5, 5.41) is 20.3. The highest BCUT2D eigenvalue weighted by molar-refractivity contribution is 5.93. The van der Waals surface area contributed by atoms with E-state index in [1.54, 1.807) is 12.3 Å². The molecule has 0 aliphatic carbocycles. The number of unbranched alkanes of at least 4 members (excludes halogenated alkanes) is 11. The second-order valence-corrected chi connectivity index (χ2v) is 9.55. The Morgan fingerprint density at radius 3 is 2.03 bits per heavy atom. The molecule has 1 aliphatic heterocycles. The van der Waals surface area contributed by atoms with Crippen LogP contribution in [0, 0.1) is 10.1 Å². The highest BCUT2D eigenvalue weighted by Crippen LogP contribution is 2.16. The van der Waals surface area contributed by atoms with Gasteiger partial charge in [0, 0.05) is 38.9 Å². The van der Waals surface area contributed by atoms with Gasteiger partial charge in [0.05, 0.1) is 12.2 Å². The Morgan fingerprint density at radius 1 is 0.972 bits per heavy atom. The number of hydroxylamine groups is 2. The van der Waals surface area contributed by atoms with Crippen LogP contribution in [0.1, 0.15) is 94.3 Å². The van der Waals surface area contributed by atoms with Crippen LogP contribution < -0.4 is 4.90 Å². The van der Waals surface area contributed by atoms with E-state index in [0.29, 0.717) is 12.1 Å². The molecule has 10 nitrogen and oxygen atoms in total. The smallest absolute Gasteiger partial charge is 0.294 e. The van der Waals surface area contributed by atoms with Gasteiger partial charge in [-0.3, -0.25) is 10.0 Å². The quantitative estimate of drug-likeness (QED) is 0.121. The lowest BCUT2D eigenvalue weighted by molar-refractivity contribution is -0.757. The molecule has 204 valence electrons. The summed E-state index contributed by atoms with van der Waals surface area (Å²) in [6, 6.07) is 3.63. The van der Waals surface area contributed by atoms with Crippen molar-refractivity contribution in [1.82, 2.24) is 14.9 Å². The molecule has 0 atom stereocenters. The SMILES string of the molecule is CCN1CCN(c2ccc(C(=O)N(O)CCCCCCCCCCCCCCO[N+](=O)[O-])cn2)CC1. The van der Waals surface area contributed by atoms with Gasteiger partial charge in [-0.15, -0.1) is 10.1 Å². The molecule has 0 aromatic carbocycles. The van der Waals surface area contributed by atoms with Gasteiger partial charge in [-0.05, 0) is 31.5 Å². The Bertz CT molecular complexity index is 741. The Labute approximate surface area is 215 Å². The fourth-order valence-electron chi connectivity index (χ4n) is 4.51. The Kier molecular flexibility index (Phi) is 14.8. The lowest BCUT2D eigenvalue weighted by atomic mass is 10.1. The van der Waals surface area contributed by atoms with Crippen LogP contribution in [0.15, 0.2) is 18.3 Å². The molecular formula is C26H45N5O5. The number of hydrogen-bond donors (Lipinski definition) is 1. The van der Waals surface area contributed by atoms with Gasteiger partial charge in [0.15, 0.2) is 0 Å². The maximum atomic E-state index is 12.5. The molecule has 0 unspecified atom stereocenters. The van der Waals surface area contributed by atoms with Gasteiger partial charge in [-0.25, -0.2) is 10.0 Å². The van der Waals surface area contributed by atoms with E-state index in [4.69, 9.17) is 0 Å². The second kappa shape index (κ2) is 17.9. The largest absolute Gasteiger partial charge is 0.354 e. The topological polar surface area (TPSA) is 112 Å². The zero-order chi connectivity index (χ0) is 26.0. The van der Waals surface area contributed by atoms with Gasteiger partial charge >= 0.3 is 0 Å². The van der Waals surface area contributed by atoms with Crippen LogP contribution in [0.5, 0.6) is 0 Å². The highest BCUT2D eigenvalue weighted by Gasteiger charge is 2.18. The molecule has 1 fully saturated rings. The number of carbonyl (C=O) groups excluding carboxylic acids is 1. The van der Waals surface area contributed by atoms with E-state index in [-0.39, 0.29) is 6.61 Å². The molecule has 10 heteroatoms. The maximum Gasteiger partial charge on any atom is 0.294 e. The monoisotopic (exact) mass is 507 g/mol. The Balaban J connectivity index is 1.45. The number of nitrogens with zero attached hydrogens (tertiary/aromatic N) is 5. The van der Waals surface area contributed by atoms with Crippen molar-refractivity contribution in [2.24, 2.45) is 0 Å². The van der Waals surface area contributed by atoms with Crippen molar-refractivity contribution >= 4 is 11.7 Å². The minimum absolute atomic E-state index is 0.205. The van der Waals surface area contributed by atoms with Crippen molar-refractivity contribution in [2.45, 2.75) is 84.0 Å². The molecule has 0 spiro atoms. The molecular weight excluding hydrogens is 462 g/mol. The number of pyridine rings is 1. The zero-order valence-corrected chi connectivity index (χ0v) is 22.0. The fraction of sp³-hybridized carbons (Fsp3) is 0.769.